The van der Waals surface area contributed by atoms with Gasteiger partial charge in [0.05, 0.1) is 12.0 Å². The number of benzene rings is 1. The van der Waals surface area contributed by atoms with Gasteiger partial charge in [0.15, 0.2) is 11.5 Å². The van der Waals surface area contributed by atoms with Gasteiger partial charge in [0.2, 0.25) is 5.43 Å². The molecule has 0 saturated carbocycles. The van der Waals surface area contributed by atoms with Crippen LogP contribution in [0, 0.1) is 17.6 Å². The standard InChI is InChI=1S/C21H22F2N2O6/c1-30-6-5-13-16(31-2)10-25-9-14(19(27)20(28)17(25)18(13)26)21(29)24-8-11-3-4-12(22)7-15(11)23/h3-4,7,9,13,16,28H,5-6,8,10H2,1-2H3,(H,24,29)/t13-,16-/m0/s1. The highest BCUT2D eigenvalue weighted by Gasteiger charge is 2.38. The number of carbonyl (C=O) groups is 2. The van der Waals surface area contributed by atoms with Crippen LogP contribution in [-0.2, 0) is 22.6 Å². The molecule has 8 nitrogen and oxygen atoms in total. The molecule has 0 bridgehead atoms. The van der Waals surface area contributed by atoms with E-state index in [1.165, 1.54) is 31.0 Å². The summed E-state index contributed by atoms with van der Waals surface area (Å²) in [6, 6.07) is 2.89. The summed E-state index contributed by atoms with van der Waals surface area (Å²) >= 11 is 0. The number of carbonyl (C=O) groups excluding carboxylic acids is 2. The summed E-state index contributed by atoms with van der Waals surface area (Å²) in [4.78, 5) is 38.0. The number of aromatic nitrogens is 1. The third-order valence-corrected chi connectivity index (χ3v) is 5.29. The van der Waals surface area contributed by atoms with Gasteiger partial charge >= 0.3 is 0 Å². The Labute approximate surface area is 176 Å². The molecule has 2 atom stereocenters. The number of amides is 1. The summed E-state index contributed by atoms with van der Waals surface area (Å²) in [6.07, 6.45) is 0.971. The number of fused-ring (bicyclic) bond motifs is 1. The van der Waals surface area contributed by atoms with Gasteiger partial charge in [-0.25, -0.2) is 8.78 Å². The lowest BCUT2D eigenvalue weighted by molar-refractivity contribution is 0.0157. The van der Waals surface area contributed by atoms with Gasteiger partial charge in [-0.1, -0.05) is 6.07 Å². The van der Waals surface area contributed by atoms with Crippen molar-refractivity contribution in [1.29, 1.82) is 0 Å². The van der Waals surface area contributed by atoms with Crippen molar-refractivity contribution in [3.8, 4) is 5.75 Å². The monoisotopic (exact) mass is 436 g/mol. The van der Waals surface area contributed by atoms with Crippen LogP contribution in [0.25, 0.3) is 0 Å². The maximum Gasteiger partial charge on any atom is 0.257 e. The fraction of sp³-hybridized carbons (Fsp3) is 0.381. The van der Waals surface area contributed by atoms with E-state index in [-0.39, 0.29) is 24.3 Å². The Morgan fingerprint density at radius 3 is 2.68 bits per heavy atom. The van der Waals surface area contributed by atoms with Crippen LogP contribution in [0.15, 0.2) is 29.2 Å². The molecular formula is C21H22F2N2O6. The fourth-order valence-electron chi connectivity index (χ4n) is 3.62. The van der Waals surface area contributed by atoms with Crippen LogP contribution in [0.2, 0.25) is 0 Å². The predicted molar refractivity (Wildman–Crippen MR) is 105 cm³/mol. The number of halogens is 2. The van der Waals surface area contributed by atoms with Crippen molar-refractivity contribution in [3.05, 3.63) is 63.1 Å². The van der Waals surface area contributed by atoms with E-state index < -0.39 is 52.1 Å². The van der Waals surface area contributed by atoms with E-state index in [9.17, 15) is 28.3 Å². The average molecular weight is 436 g/mol. The number of ether oxygens (including phenoxy) is 2. The summed E-state index contributed by atoms with van der Waals surface area (Å²) in [5, 5.41) is 12.8. The van der Waals surface area contributed by atoms with Crippen molar-refractivity contribution in [2.45, 2.75) is 25.6 Å². The molecule has 31 heavy (non-hydrogen) atoms. The van der Waals surface area contributed by atoms with E-state index in [2.05, 4.69) is 5.32 Å². The summed E-state index contributed by atoms with van der Waals surface area (Å²) in [7, 11) is 2.93. The van der Waals surface area contributed by atoms with E-state index in [0.717, 1.165) is 6.07 Å². The number of Topliss-reactive ketones (excluding diaryl/α,β-unsaturated/α-hetero) is 1. The fourth-order valence-corrected chi connectivity index (χ4v) is 3.62. The van der Waals surface area contributed by atoms with Crippen molar-refractivity contribution in [2.24, 2.45) is 5.92 Å². The molecule has 10 heteroatoms. The number of hydrogen-bond acceptors (Lipinski definition) is 6. The van der Waals surface area contributed by atoms with E-state index in [1.54, 1.807) is 0 Å². The van der Waals surface area contributed by atoms with Gasteiger partial charge in [-0.3, -0.25) is 14.4 Å². The van der Waals surface area contributed by atoms with E-state index >= 15 is 0 Å². The molecule has 0 saturated heterocycles. The van der Waals surface area contributed by atoms with Crippen LogP contribution >= 0.6 is 0 Å². The Hall–Kier alpha value is -3.11. The minimum Gasteiger partial charge on any atom is -0.503 e. The van der Waals surface area contributed by atoms with Gasteiger partial charge in [0, 0.05) is 51.7 Å². The number of aromatic hydroxyl groups is 1. The van der Waals surface area contributed by atoms with Gasteiger partial charge in [-0.15, -0.1) is 0 Å². The molecule has 0 unspecified atom stereocenters. The zero-order chi connectivity index (χ0) is 22.7. The summed E-state index contributed by atoms with van der Waals surface area (Å²) < 4.78 is 38.5. The summed E-state index contributed by atoms with van der Waals surface area (Å²) in [5.41, 5.74) is -1.60. The van der Waals surface area contributed by atoms with Gasteiger partial charge in [-0.05, 0) is 12.5 Å². The maximum absolute atomic E-state index is 13.8. The molecule has 2 aromatic rings. The van der Waals surface area contributed by atoms with Crippen LogP contribution in [0.3, 0.4) is 0 Å². The molecule has 1 aromatic carbocycles. The van der Waals surface area contributed by atoms with Crippen LogP contribution < -0.4 is 10.7 Å². The van der Waals surface area contributed by atoms with Crippen LogP contribution in [0.4, 0.5) is 8.78 Å². The van der Waals surface area contributed by atoms with Gasteiger partial charge in [-0.2, -0.15) is 0 Å². The first-order valence-corrected chi connectivity index (χ1v) is 9.53. The lowest BCUT2D eigenvalue weighted by atomic mass is 9.87. The smallest absolute Gasteiger partial charge is 0.257 e. The highest BCUT2D eigenvalue weighted by atomic mass is 19.1. The molecule has 2 heterocycles. The SMILES string of the molecule is COCC[C@@H]1C(=O)c2c(O)c(=O)c(C(=O)NCc3ccc(F)cc3F)cn2C[C@@H]1OC. The quantitative estimate of drug-likeness (QED) is 0.683. The van der Waals surface area contributed by atoms with E-state index in [4.69, 9.17) is 9.47 Å². The van der Waals surface area contributed by atoms with E-state index in [0.29, 0.717) is 19.1 Å². The van der Waals surface area contributed by atoms with Gasteiger partial charge < -0.3 is 24.5 Å². The lowest BCUT2D eigenvalue weighted by Crippen LogP contribution is -2.43. The minimum absolute atomic E-state index is 0.0210. The highest BCUT2D eigenvalue weighted by molar-refractivity contribution is 6.01. The normalized spacial score (nSPS) is 18.0. The Morgan fingerprint density at radius 1 is 1.29 bits per heavy atom. The largest absolute Gasteiger partial charge is 0.503 e. The predicted octanol–water partition coefficient (Wildman–Crippen LogP) is 1.63. The van der Waals surface area contributed by atoms with Crippen LogP contribution in [0.1, 0.15) is 32.8 Å². The number of nitrogens with one attached hydrogen (secondary N) is 1. The summed E-state index contributed by atoms with van der Waals surface area (Å²) in [6.45, 7) is 0.125. The molecule has 3 rings (SSSR count). The highest BCUT2D eigenvalue weighted by Crippen LogP contribution is 2.29. The molecule has 0 spiro atoms. The first-order chi connectivity index (χ1) is 14.8. The first kappa shape index (κ1) is 22.6. The number of pyridine rings is 1. The van der Waals surface area contributed by atoms with E-state index in [1.807, 2.05) is 0 Å². The molecule has 1 aromatic heterocycles. The molecule has 2 N–H and O–H groups in total. The van der Waals surface area contributed by atoms with Crippen LogP contribution in [0.5, 0.6) is 5.75 Å². The van der Waals surface area contributed by atoms with Gasteiger partial charge in [0.25, 0.3) is 5.91 Å². The minimum atomic E-state index is -1.02. The first-order valence-electron chi connectivity index (χ1n) is 9.53. The Balaban J connectivity index is 1.89. The maximum atomic E-state index is 13.8. The van der Waals surface area contributed by atoms with Crippen molar-refractivity contribution in [1.82, 2.24) is 9.88 Å². The topological polar surface area (TPSA) is 107 Å². The third-order valence-electron chi connectivity index (χ3n) is 5.29. The lowest BCUT2D eigenvalue weighted by Gasteiger charge is -2.32. The van der Waals surface area contributed by atoms with Gasteiger partial charge in [0.1, 0.15) is 22.9 Å². The Morgan fingerprint density at radius 2 is 2.03 bits per heavy atom. The van der Waals surface area contributed by atoms with Crippen molar-refractivity contribution >= 4 is 11.7 Å². The second-order valence-corrected chi connectivity index (χ2v) is 7.17. The second kappa shape index (κ2) is 9.36. The summed E-state index contributed by atoms with van der Waals surface area (Å²) in [5.74, 6) is -4.40. The van der Waals surface area contributed by atoms with Crippen molar-refractivity contribution in [3.63, 3.8) is 0 Å². The molecule has 0 fully saturated rings. The number of ketones is 1. The molecule has 0 radical (unpaired) electrons. The Bertz CT molecular complexity index is 1070. The van der Waals surface area contributed by atoms with Crippen molar-refractivity contribution < 1.29 is 33.0 Å². The molecule has 1 aliphatic heterocycles. The number of rotatable bonds is 7. The molecule has 1 amide bonds. The van der Waals surface area contributed by atoms with Crippen LogP contribution in [-0.4, -0.2) is 48.3 Å². The Kier molecular flexibility index (Phi) is 6.81. The number of nitrogens with zero attached hydrogens (tertiary/aromatic N) is 1. The van der Waals surface area contributed by atoms with Crippen molar-refractivity contribution in [2.75, 3.05) is 20.8 Å². The number of methoxy groups -OCH3 is 2. The third kappa shape index (κ3) is 4.49. The average Bonchev–Trinajstić information content (AvgIpc) is 2.74. The zero-order valence-electron chi connectivity index (χ0n) is 17.0. The number of hydrogen-bond donors (Lipinski definition) is 2. The molecular weight excluding hydrogens is 414 g/mol. The molecule has 0 aliphatic carbocycles. The zero-order valence-corrected chi connectivity index (χ0v) is 17.0. The molecule has 166 valence electrons. The second-order valence-electron chi connectivity index (χ2n) is 7.17. The molecule has 1 aliphatic rings.